The van der Waals surface area contributed by atoms with Gasteiger partial charge in [-0.1, -0.05) is 51.9 Å². The van der Waals surface area contributed by atoms with Gasteiger partial charge in [0.1, 0.15) is 12.1 Å². The lowest BCUT2D eigenvalue weighted by molar-refractivity contribution is -0.250. The van der Waals surface area contributed by atoms with Crippen molar-refractivity contribution in [2.45, 2.75) is 151 Å². The predicted octanol–water partition coefficient (Wildman–Crippen LogP) is 9.87. The van der Waals surface area contributed by atoms with Crippen LogP contribution in [-0.2, 0) is 19.1 Å². The lowest BCUT2D eigenvalue weighted by Gasteiger charge is -2.73. The Bertz CT molecular complexity index is 1920. The van der Waals surface area contributed by atoms with Crippen LogP contribution in [-0.4, -0.2) is 55.6 Å². The fourth-order valence-electron chi connectivity index (χ4n) is 14.9. The number of ether oxygens (including phenoxy) is 1. The van der Waals surface area contributed by atoms with E-state index in [2.05, 4.69) is 63.2 Å². The Balaban J connectivity index is 1.06. The molecule has 6 aliphatic rings. The molecular formula is C47H66N4O6. The number of likely N-dealkylation sites (tertiary alicyclic amines) is 1. The van der Waals surface area contributed by atoms with E-state index >= 15 is 4.79 Å². The molecule has 310 valence electrons. The zero-order valence-corrected chi connectivity index (χ0v) is 35.7. The third kappa shape index (κ3) is 5.97. The highest BCUT2D eigenvalue weighted by Crippen LogP contribution is 2.78. The smallest absolute Gasteiger partial charge is 0.309 e. The first-order valence-electron chi connectivity index (χ1n) is 21.9. The number of nitrogens with zero attached hydrogens (tertiary/aromatic N) is 4. The summed E-state index contributed by atoms with van der Waals surface area (Å²) >= 11 is 0. The van der Waals surface area contributed by atoms with E-state index in [0.29, 0.717) is 47.8 Å². The molecule has 0 radical (unpaired) electrons. The molecule has 11 atom stereocenters. The van der Waals surface area contributed by atoms with Crippen LogP contribution in [0.15, 0.2) is 41.2 Å². The first-order valence-corrected chi connectivity index (χ1v) is 21.9. The Labute approximate surface area is 339 Å². The van der Waals surface area contributed by atoms with E-state index in [1.54, 1.807) is 26.2 Å². The molecule has 0 spiro atoms. The van der Waals surface area contributed by atoms with Crippen molar-refractivity contribution in [1.29, 1.82) is 0 Å². The monoisotopic (exact) mass is 782 g/mol. The SMILES string of the molecule is C=C(C)[C@@H]1CC[C@]2(C(=O)N3CCC[C@@H]3c3nc(-c4cccnc4)no3)CC[C@]3(C)[C@H](CC[C@@H]4[C@@]5(C)CC[C@H](OC(=O)CC(C)(C)C(=O)O)C(C)(C)[C@@H]5CC[C@]43C)[C@@H]12. The number of carbonyl (C=O) groups is 3. The van der Waals surface area contributed by atoms with Crippen LogP contribution in [0, 0.1) is 62.1 Å². The maximum Gasteiger partial charge on any atom is 0.309 e. The van der Waals surface area contributed by atoms with Gasteiger partial charge in [-0.15, -0.1) is 0 Å². The van der Waals surface area contributed by atoms with Crippen LogP contribution in [0.3, 0.4) is 0 Å². The van der Waals surface area contributed by atoms with Crippen LogP contribution in [0.2, 0.25) is 0 Å². The van der Waals surface area contributed by atoms with Gasteiger partial charge >= 0.3 is 11.9 Å². The number of pyridine rings is 1. The molecule has 5 aliphatic carbocycles. The third-order valence-electron chi connectivity index (χ3n) is 18.0. The molecular weight excluding hydrogens is 717 g/mol. The second kappa shape index (κ2) is 13.8. The van der Waals surface area contributed by atoms with Crippen molar-refractivity contribution in [2.24, 2.45) is 62.1 Å². The van der Waals surface area contributed by atoms with Crippen LogP contribution in [0.5, 0.6) is 0 Å². The topological polar surface area (TPSA) is 136 Å². The highest BCUT2D eigenvalue weighted by molar-refractivity contribution is 5.85. The van der Waals surface area contributed by atoms with Gasteiger partial charge in [0.2, 0.25) is 17.6 Å². The molecule has 1 N–H and O–H groups in total. The number of carbonyl (C=O) groups excluding carboxylic acids is 2. The molecule has 0 bridgehead atoms. The molecule has 1 saturated heterocycles. The molecule has 1 aliphatic heterocycles. The van der Waals surface area contributed by atoms with Crippen LogP contribution in [0.4, 0.5) is 0 Å². The molecule has 3 heterocycles. The van der Waals surface area contributed by atoms with E-state index in [4.69, 9.17) is 14.2 Å². The lowest BCUT2D eigenvalue weighted by atomic mass is 9.32. The summed E-state index contributed by atoms with van der Waals surface area (Å²) in [5, 5.41) is 14.0. The van der Waals surface area contributed by atoms with Crippen LogP contribution in [0.1, 0.15) is 151 Å². The molecule has 10 heteroatoms. The average molecular weight is 783 g/mol. The fraction of sp³-hybridized carbons (Fsp3) is 0.745. The number of esters is 1. The normalized spacial score (nSPS) is 39.6. The Morgan fingerprint density at radius 2 is 1.74 bits per heavy atom. The third-order valence-corrected chi connectivity index (χ3v) is 18.0. The van der Waals surface area contributed by atoms with Gasteiger partial charge < -0.3 is 19.3 Å². The van der Waals surface area contributed by atoms with E-state index in [1.807, 2.05) is 12.1 Å². The number of hydrogen-bond donors (Lipinski definition) is 1. The number of hydrogen-bond acceptors (Lipinski definition) is 8. The Hall–Kier alpha value is -3.56. The minimum atomic E-state index is -1.16. The zero-order chi connectivity index (χ0) is 40.9. The number of aliphatic carboxylic acids is 1. The summed E-state index contributed by atoms with van der Waals surface area (Å²) < 4.78 is 12.1. The fourth-order valence-corrected chi connectivity index (χ4v) is 14.9. The summed E-state index contributed by atoms with van der Waals surface area (Å²) in [6.45, 7) is 23.0. The second-order valence-electron chi connectivity index (χ2n) is 21.4. The van der Waals surface area contributed by atoms with E-state index in [-0.39, 0.29) is 46.1 Å². The number of fused-ring (bicyclic) bond motifs is 7. The van der Waals surface area contributed by atoms with Crippen molar-refractivity contribution in [3.8, 4) is 11.4 Å². The second-order valence-corrected chi connectivity index (χ2v) is 21.4. The van der Waals surface area contributed by atoms with E-state index in [0.717, 1.165) is 82.6 Å². The zero-order valence-electron chi connectivity index (χ0n) is 35.7. The number of rotatable bonds is 8. The van der Waals surface area contributed by atoms with Gasteiger partial charge in [0.05, 0.1) is 17.3 Å². The summed E-state index contributed by atoms with van der Waals surface area (Å²) in [5.41, 5.74) is 0.467. The number of carboxylic acids is 1. The van der Waals surface area contributed by atoms with Crippen LogP contribution < -0.4 is 0 Å². The molecule has 8 rings (SSSR count). The molecule has 6 fully saturated rings. The minimum Gasteiger partial charge on any atom is -0.481 e. The van der Waals surface area contributed by atoms with Crippen molar-refractivity contribution in [3.63, 3.8) is 0 Å². The summed E-state index contributed by atoms with van der Waals surface area (Å²) in [5.74, 6) is 1.84. The molecule has 1 amide bonds. The molecule has 2 aromatic heterocycles. The van der Waals surface area contributed by atoms with Crippen molar-refractivity contribution >= 4 is 17.8 Å². The highest BCUT2D eigenvalue weighted by atomic mass is 16.5. The standard InChI is InChI=1S/C47H66N4O6/c1-28(2)30-16-21-47(40(53)51-25-11-13-32(51)39-49-38(50-57-39)29-12-10-24-48-27-29)23-22-45(8)31(37(30)47)14-15-34-44(7)19-18-35(56-36(52)26-42(3,4)41(54)55)43(5,6)33(44)17-20-46(34,45)9/h10,12,24,27,30-35,37H,1,11,13-23,25-26H2,2-9H3,(H,54,55)/t30-,31+,32+,33-,34+,35-,37+,44-,45+,46+,47-/m0/s1. The van der Waals surface area contributed by atoms with Gasteiger partial charge in [0.15, 0.2) is 0 Å². The van der Waals surface area contributed by atoms with Crippen molar-refractivity contribution < 1.29 is 28.8 Å². The summed E-state index contributed by atoms with van der Waals surface area (Å²) in [6, 6.07) is 3.58. The van der Waals surface area contributed by atoms with E-state index in [1.165, 1.54) is 5.57 Å². The van der Waals surface area contributed by atoms with E-state index < -0.39 is 22.8 Å². The highest BCUT2D eigenvalue weighted by Gasteiger charge is 2.72. The molecule has 0 aromatic carbocycles. The Morgan fingerprint density at radius 3 is 2.44 bits per heavy atom. The van der Waals surface area contributed by atoms with Gasteiger partial charge in [-0.2, -0.15) is 4.98 Å². The maximum atomic E-state index is 15.4. The number of aromatic nitrogens is 3. The van der Waals surface area contributed by atoms with Gasteiger partial charge in [-0.25, -0.2) is 0 Å². The summed E-state index contributed by atoms with van der Waals surface area (Å²) in [7, 11) is 0. The van der Waals surface area contributed by atoms with Crippen molar-refractivity contribution in [1.82, 2.24) is 20.0 Å². The number of amides is 1. The van der Waals surface area contributed by atoms with Gasteiger partial charge in [0.25, 0.3) is 0 Å². The Morgan fingerprint density at radius 1 is 0.965 bits per heavy atom. The van der Waals surface area contributed by atoms with Gasteiger partial charge in [-0.3, -0.25) is 19.4 Å². The molecule has 0 unspecified atom stereocenters. The lowest BCUT2D eigenvalue weighted by Crippen LogP contribution is -2.67. The van der Waals surface area contributed by atoms with Gasteiger partial charge in [0, 0.05) is 29.9 Å². The largest absolute Gasteiger partial charge is 0.481 e. The van der Waals surface area contributed by atoms with Crippen LogP contribution in [0.25, 0.3) is 11.4 Å². The summed E-state index contributed by atoms with van der Waals surface area (Å²) in [4.78, 5) is 51.6. The number of allylic oxidation sites excluding steroid dienone is 1. The molecule has 10 nitrogen and oxygen atoms in total. The number of carboxylic acid groups (broad SMARTS) is 1. The van der Waals surface area contributed by atoms with Crippen LogP contribution >= 0.6 is 0 Å². The maximum absolute atomic E-state index is 15.4. The summed E-state index contributed by atoms with van der Waals surface area (Å²) in [6.07, 6.45) is 15.0. The first kappa shape index (κ1) is 40.2. The molecule has 57 heavy (non-hydrogen) atoms. The molecule has 2 aromatic rings. The predicted molar refractivity (Wildman–Crippen MR) is 216 cm³/mol. The minimum absolute atomic E-state index is 0.0712. The quantitative estimate of drug-likeness (QED) is 0.205. The van der Waals surface area contributed by atoms with E-state index in [9.17, 15) is 14.7 Å². The average Bonchev–Trinajstić information content (AvgIpc) is 3.92. The first-order chi connectivity index (χ1) is 26.8. The van der Waals surface area contributed by atoms with Crippen molar-refractivity contribution in [2.75, 3.05) is 6.54 Å². The van der Waals surface area contributed by atoms with Crippen molar-refractivity contribution in [3.05, 3.63) is 42.6 Å². The Kier molecular flexibility index (Phi) is 9.71. The van der Waals surface area contributed by atoms with Gasteiger partial charge in [-0.05, 0) is 156 Å². The molecule has 5 saturated carbocycles.